The number of carbonyl (C=O) groups excluding carboxylic acids is 1. The van der Waals surface area contributed by atoms with Gasteiger partial charge < -0.3 is 18.4 Å². The van der Waals surface area contributed by atoms with Crippen LogP contribution in [0, 0.1) is 31.1 Å². The van der Waals surface area contributed by atoms with E-state index in [9.17, 15) is 27.6 Å². The standard InChI is InChI=1S/C42H37F4N5O4/c1-23-30(7-3-9-32(23)40-48-34-16-28(21-51-12-5-6-29(51)22-52)36(54-42(45)46)17-37(34)53-40)31-8-4-10-33(24(31)2)41-49-35-15-25(14-27(18-47)38(35)55-41)19-50-13-11-26(20-50)39(43)44/h3-4,7-10,14-17,22,26,29,39,42H,5-6,11-13,19-21H2,1-2H3/t26?,29-/m0/s1. The monoisotopic (exact) mass is 751 g/mol. The molecule has 0 bridgehead atoms. The van der Waals surface area contributed by atoms with Gasteiger partial charge in [0.2, 0.25) is 18.2 Å². The molecule has 4 aromatic carbocycles. The Morgan fingerprint density at radius 2 is 1.58 bits per heavy atom. The fourth-order valence-electron chi connectivity index (χ4n) is 8.03. The fraction of sp³-hybridized carbons (Fsp3) is 0.333. The molecule has 2 aliphatic heterocycles. The lowest BCUT2D eigenvalue weighted by molar-refractivity contribution is -0.111. The van der Waals surface area contributed by atoms with Crippen molar-refractivity contribution >= 4 is 28.5 Å². The lowest BCUT2D eigenvalue weighted by Gasteiger charge is -2.21. The summed E-state index contributed by atoms with van der Waals surface area (Å²) in [5, 5.41) is 9.98. The molecule has 2 fully saturated rings. The molecule has 8 rings (SSSR count). The van der Waals surface area contributed by atoms with Crippen molar-refractivity contribution in [2.24, 2.45) is 5.92 Å². The number of alkyl halides is 4. The van der Waals surface area contributed by atoms with E-state index in [0.29, 0.717) is 83.3 Å². The van der Waals surface area contributed by atoms with Crippen molar-refractivity contribution < 1.29 is 35.9 Å². The zero-order chi connectivity index (χ0) is 38.4. The predicted octanol–water partition coefficient (Wildman–Crippen LogP) is 9.31. The average molecular weight is 752 g/mol. The second-order valence-corrected chi connectivity index (χ2v) is 14.3. The number of hydrogen-bond acceptors (Lipinski definition) is 9. The third-order valence-electron chi connectivity index (χ3n) is 10.9. The van der Waals surface area contributed by atoms with Gasteiger partial charge in [0.1, 0.15) is 29.1 Å². The van der Waals surface area contributed by atoms with Crippen molar-refractivity contribution in [1.82, 2.24) is 19.8 Å². The first-order valence-corrected chi connectivity index (χ1v) is 18.2. The van der Waals surface area contributed by atoms with E-state index in [1.807, 2.05) is 66.1 Å². The lowest BCUT2D eigenvalue weighted by Crippen LogP contribution is -2.30. The third kappa shape index (κ3) is 7.08. The van der Waals surface area contributed by atoms with E-state index >= 15 is 0 Å². The number of benzene rings is 4. The van der Waals surface area contributed by atoms with Crippen molar-refractivity contribution in [2.75, 3.05) is 19.6 Å². The number of carbonyl (C=O) groups is 1. The number of likely N-dealkylation sites (tertiary alicyclic amines) is 2. The van der Waals surface area contributed by atoms with Crippen LogP contribution in [0.1, 0.15) is 47.1 Å². The van der Waals surface area contributed by atoms with Crippen LogP contribution in [0.5, 0.6) is 5.75 Å². The molecule has 9 nitrogen and oxygen atoms in total. The van der Waals surface area contributed by atoms with Gasteiger partial charge in [-0.15, -0.1) is 0 Å². The van der Waals surface area contributed by atoms with Crippen LogP contribution in [-0.2, 0) is 17.9 Å². The molecule has 2 aliphatic rings. The molecule has 1 unspecified atom stereocenters. The number of rotatable bonds is 11. The van der Waals surface area contributed by atoms with Crippen LogP contribution in [0.25, 0.3) is 56.2 Å². The summed E-state index contributed by atoms with van der Waals surface area (Å²) in [6.07, 6.45) is 0.539. The first kappa shape index (κ1) is 36.4. The molecule has 0 saturated carbocycles. The van der Waals surface area contributed by atoms with Crippen molar-refractivity contribution in [3.05, 3.63) is 88.5 Å². The molecule has 2 saturated heterocycles. The average Bonchev–Trinajstić information content (AvgIpc) is 3.98. The molecule has 0 aliphatic carbocycles. The predicted molar refractivity (Wildman–Crippen MR) is 198 cm³/mol. The van der Waals surface area contributed by atoms with E-state index in [1.165, 1.54) is 6.07 Å². The molecule has 55 heavy (non-hydrogen) atoms. The Morgan fingerprint density at radius 3 is 2.24 bits per heavy atom. The first-order valence-electron chi connectivity index (χ1n) is 18.2. The quantitative estimate of drug-likeness (QED) is 0.0945. The second kappa shape index (κ2) is 14.9. The summed E-state index contributed by atoms with van der Waals surface area (Å²) in [5.74, 6) is -0.00674. The Morgan fingerprint density at radius 1 is 0.891 bits per heavy atom. The summed E-state index contributed by atoms with van der Waals surface area (Å²) in [6, 6.07) is 20.2. The van der Waals surface area contributed by atoms with E-state index in [2.05, 4.69) is 6.07 Å². The van der Waals surface area contributed by atoms with Crippen LogP contribution in [0.2, 0.25) is 0 Å². The number of ether oxygens (including phenoxy) is 1. The van der Waals surface area contributed by atoms with E-state index in [0.717, 1.165) is 52.5 Å². The molecule has 0 spiro atoms. The highest BCUT2D eigenvalue weighted by atomic mass is 19.3. The maximum Gasteiger partial charge on any atom is 0.387 e. The summed E-state index contributed by atoms with van der Waals surface area (Å²) < 4.78 is 70.8. The van der Waals surface area contributed by atoms with Gasteiger partial charge in [0.15, 0.2) is 11.2 Å². The van der Waals surface area contributed by atoms with E-state index < -0.39 is 19.0 Å². The van der Waals surface area contributed by atoms with Gasteiger partial charge in [0.05, 0.1) is 11.6 Å². The van der Waals surface area contributed by atoms with E-state index in [1.54, 1.807) is 12.1 Å². The number of fused-ring (bicyclic) bond motifs is 2. The number of halogens is 4. The third-order valence-corrected chi connectivity index (χ3v) is 10.9. The Hall–Kier alpha value is -5.58. The van der Waals surface area contributed by atoms with E-state index in [4.69, 9.17) is 23.5 Å². The number of hydrogen-bond donors (Lipinski definition) is 0. The van der Waals surface area contributed by atoms with Gasteiger partial charge in [-0.25, -0.2) is 18.7 Å². The number of nitrogens with zero attached hydrogens (tertiary/aromatic N) is 5. The molecule has 282 valence electrons. The molecular formula is C42H37F4N5O4. The van der Waals surface area contributed by atoms with Crippen molar-refractivity contribution in [2.45, 2.75) is 65.3 Å². The van der Waals surface area contributed by atoms with Crippen molar-refractivity contribution in [3.63, 3.8) is 0 Å². The highest BCUT2D eigenvalue weighted by Gasteiger charge is 2.30. The first-order chi connectivity index (χ1) is 26.6. The molecule has 0 radical (unpaired) electrons. The van der Waals surface area contributed by atoms with Crippen LogP contribution in [-0.4, -0.2) is 64.8 Å². The van der Waals surface area contributed by atoms with Crippen LogP contribution in [0.15, 0.2) is 69.5 Å². The zero-order valence-electron chi connectivity index (χ0n) is 30.2. The summed E-state index contributed by atoms with van der Waals surface area (Å²) in [7, 11) is 0. The molecule has 4 heterocycles. The number of oxazole rings is 2. The summed E-state index contributed by atoms with van der Waals surface area (Å²) in [4.78, 5) is 25.1. The second-order valence-electron chi connectivity index (χ2n) is 14.3. The van der Waals surface area contributed by atoms with Gasteiger partial charge in [-0.2, -0.15) is 14.0 Å². The molecule has 2 atom stereocenters. The Balaban J connectivity index is 1.11. The number of aldehydes is 1. The Labute approximate surface area is 314 Å². The Bertz CT molecular complexity index is 2450. The fourth-order valence-corrected chi connectivity index (χ4v) is 8.03. The summed E-state index contributed by atoms with van der Waals surface area (Å²) >= 11 is 0. The smallest absolute Gasteiger partial charge is 0.387 e. The normalized spacial score (nSPS) is 17.9. The summed E-state index contributed by atoms with van der Waals surface area (Å²) in [5.41, 5.74) is 8.28. The minimum absolute atomic E-state index is 0.0217. The van der Waals surface area contributed by atoms with Crippen LogP contribution < -0.4 is 4.74 Å². The van der Waals surface area contributed by atoms with Gasteiger partial charge in [0, 0.05) is 48.3 Å². The van der Waals surface area contributed by atoms with Gasteiger partial charge in [-0.3, -0.25) is 9.80 Å². The largest absolute Gasteiger partial charge is 0.436 e. The van der Waals surface area contributed by atoms with Gasteiger partial charge in [-0.1, -0.05) is 24.3 Å². The molecule has 2 aromatic heterocycles. The van der Waals surface area contributed by atoms with Gasteiger partial charge in [-0.05, 0) is 104 Å². The van der Waals surface area contributed by atoms with E-state index in [-0.39, 0.29) is 18.3 Å². The van der Waals surface area contributed by atoms with Crippen LogP contribution in [0.3, 0.4) is 0 Å². The minimum atomic E-state index is -3.04. The molecule has 6 aromatic rings. The molecular weight excluding hydrogens is 714 g/mol. The summed E-state index contributed by atoms with van der Waals surface area (Å²) in [6.45, 7) is 3.13. The molecule has 13 heteroatoms. The maximum atomic E-state index is 13.5. The number of aromatic nitrogens is 2. The van der Waals surface area contributed by atoms with Crippen molar-refractivity contribution in [1.29, 1.82) is 5.26 Å². The highest BCUT2D eigenvalue weighted by Crippen LogP contribution is 2.39. The van der Waals surface area contributed by atoms with Crippen LogP contribution in [0.4, 0.5) is 17.6 Å². The number of nitriles is 1. The Kier molecular flexibility index (Phi) is 9.88. The van der Waals surface area contributed by atoms with Crippen LogP contribution >= 0.6 is 0 Å². The lowest BCUT2D eigenvalue weighted by atomic mass is 9.91. The molecule has 0 amide bonds. The minimum Gasteiger partial charge on any atom is -0.436 e. The van der Waals surface area contributed by atoms with Crippen molar-refractivity contribution in [3.8, 4) is 45.9 Å². The van der Waals surface area contributed by atoms with Gasteiger partial charge in [0.25, 0.3) is 0 Å². The topological polar surface area (TPSA) is 109 Å². The molecule has 0 N–H and O–H groups in total. The zero-order valence-corrected chi connectivity index (χ0v) is 30.2. The highest BCUT2D eigenvalue weighted by molar-refractivity contribution is 5.86. The van der Waals surface area contributed by atoms with Gasteiger partial charge >= 0.3 is 6.61 Å². The maximum absolute atomic E-state index is 13.5. The SMILES string of the molecule is Cc1c(-c2nc3cc(CN4CCC[C@H]4C=O)c(OC(F)F)cc3o2)cccc1-c1cccc(-c2nc3cc(CN4CCC(C(F)F)C4)cc(C#N)c3o2)c1C.